The average molecular weight is 244 g/mol. The van der Waals surface area contributed by atoms with Gasteiger partial charge in [0.1, 0.15) is 6.79 Å². The molecule has 0 aromatic carbocycles. The molecular weight excluding hydrogens is 220 g/mol. The Bertz CT molecular complexity index is 225. The first-order valence-corrected chi connectivity index (χ1v) is 6.16. The zero-order valence-electron chi connectivity index (χ0n) is 10.9. The van der Waals surface area contributed by atoms with Crippen molar-refractivity contribution in [3.05, 3.63) is 12.7 Å². The number of hydrogen-bond acceptors (Lipinski definition) is 4. The predicted octanol–water partition coefficient (Wildman–Crippen LogP) is 1.73. The Morgan fingerprint density at radius 2 is 2.24 bits per heavy atom. The van der Waals surface area contributed by atoms with Gasteiger partial charge < -0.3 is 19.3 Å². The van der Waals surface area contributed by atoms with E-state index in [0.717, 1.165) is 19.3 Å². The Morgan fingerprint density at radius 3 is 2.76 bits per heavy atom. The van der Waals surface area contributed by atoms with Crippen molar-refractivity contribution >= 4 is 0 Å². The molecule has 0 aromatic heterocycles. The second-order valence-corrected chi connectivity index (χ2v) is 4.62. The monoisotopic (exact) mass is 244 g/mol. The number of aliphatic hydroxyl groups excluding tert-OH is 1. The van der Waals surface area contributed by atoms with Crippen molar-refractivity contribution in [2.75, 3.05) is 27.1 Å². The van der Waals surface area contributed by atoms with Gasteiger partial charge in [0, 0.05) is 18.9 Å². The topological polar surface area (TPSA) is 47.9 Å². The summed E-state index contributed by atoms with van der Waals surface area (Å²) in [6.45, 7) is 6.66. The molecule has 1 N–H and O–H groups in total. The van der Waals surface area contributed by atoms with Crippen LogP contribution in [0.15, 0.2) is 12.7 Å². The van der Waals surface area contributed by atoms with E-state index in [1.807, 2.05) is 0 Å². The van der Waals surface area contributed by atoms with E-state index in [1.54, 1.807) is 13.2 Å². The number of rotatable bonds is 8. The van der Waals surface area contributed by atoms with Crippen molar-refractivity contribution < 1.29 is 19.3 Å². The van der Waals surface area contributed by atoms with E-state index >= 15 is 0 Å². The van der Waals surface area contributed by atoms with E-state index in [1.165, 1.54) is 0 Å². The van der Waals surface area contributed by atoms with E-state index in [9.17, 15) is 5.11 Å². The van der Waals surface area contributed by atoms with Gasteiger partial charge >= 0.3 is 0 Å². The molecule has 2 unspecified atom stereocenters. The van der Waals surface area contributed by atoms with E-state index in [0.29, 0.717) is 6.61 Å². The van der Waals surface area contributed by atoms with Crippen LogP contribution in [0.1, 0.15) is 26.2 Å². The summed E-state index contributed by atoms with van der Waals surface area (Å²) in [6, 6.07) is 0. The summed E-state index contributed by atoms with van der Waals surface area (Å²) in [7, 11) is 1.60. The van der Waals surface area contributed by atoms with Gasteiger partial charge in [0.05, 0.1) is 25.4 Å². The van der Waals surface area contributed by atoms with Gasteiger partial charge in [-0.3, -0.25) is 0 Å². The minimum atomic E-state index is -0.190. The van der Waals surface area contributed by atoms with Crippen LogP contribution in [0.5, 0.6) is 0 Å². The number of methoxy groups -OCH3 is 1. The molecule has 0 aliphatic heterocycles. The van der Waals surface area contributed by atoms with Crippen LogP contribution >= 0.6 is 0 Å². The minimum Gasteiger partial charge on any atom is -0.396 e. The molecule has 0 aromatic rings. The molecule has 3 atom stereocenters. The van der Waals surface area contributed by atoms with Crippen LogP contribution in [0.25, 0.3) is 0 Å². The first kappa shape index (κ1) is 14.6. The molecule has 1 saturated carbocycles. The molecule has 1 aliphatic rings. The van der Waals surface area contributed by atoms with Gasteiger partial charge in [0.2, 0.25) is 0 Å². The van der Waals surface area contributed by atoms with Crippen molar-refractivity contribution in [2.24, 2.45) is 5.41 Å². The number of ether oxygens (including phenoxy) is 3. The molecule has 100 valence electrons. The van der Waals surface area contributed by atoms with Crippen molar-refractivity contribution in [2.45, 2.75) is 38.4 Å². The lowest BCUT2D eigenvalue weighted by Gasteiger charge is -2.31. The summed E-state index contributed by atoms with van der Waals surface area (Å²) in [4.78, 5) is 0. The minimum absolute atomic E-state index is 0.00673. The standard InChI is InChI=1S/C13H24O4/c1-4-6-16-11-7-12(17-10-15-3)13(5-2,8-11)9-14/h4,11-12,14H,1,5-10H2,2-3H3/t11-,12?,13?/m0/s1. The fourth-order valence-electron chi connectivity index (χ4n) is 2.53. The van der Waals surface area contributed by atoms with Gasteiger partial charge in [-0.25, -0.2) is 0 Å². The third-order valence-corrected chi connectivity index (χ3v) is 3.65. The maximum atomic E-state index is 9.63. The Labute approximate surface area is 104 Å². The Balaban J connectivity index is 2.60. The predicted molar refractivity (Wildman–Crippen MR) is 65.7 cm³/mol. The van der Waals surface area contributed by atoms with Crippen molar-refractivity contribution in [1.29, 1.82) is 0 Å². The molecule has 0 amide bonds. The summed E-state index contributed by atoms with van der Waals surface area (Å²) in [5, 5.41) is 9.63. The molecule has 0 bridgehead atoms. The molecule has 1 fully saturated rings. The number of hydrogen-bond donors (Lipinski definition) is 1. The van der Waals surface area contributed by atoms with Gasteiger partial charge in [-0.1, -0.05) is 13.0 Å². The molecule has 17 heavy (non-hydrogen) atoms. The third kappa shape index (κ3) is 3.52. The molecule has 4 nitrogen and oxygen atoms in total. The largest absolute Gasteiger partial charge is 0.396 e. The maximum absolute atomic E-state index is 9.63. The quantitative estimate of drug-likeness (QED) is 0.522. The first-order chi connectivity index (χ1) is 8.22. The molecule has 0 radical (unpaired) electrons. The fraction of sp³-hybridized carbons (Fsp3) is 0.846. The summed E-state index contributed by atoms with van der Waals surface area (Å²) in [6.07, 6.45) is 4.42. The van der Waals surface area contributed by atoms with Crippen molar-refractivity contribution in [3.8, 4) is 0 Å². The smallest absolute Gasteiger partial charge is 0.146 e. The molecule has 0 spiro atoms. The fourth-order valence-corrected chi connectivity index (χ4v) is 2.53. The zero-order valence-corrected chi connectivity index (χ0v) is 10.9. The highest BCUT2D eigenvalue weighted by atomic mass is 16.7. The molecule has 4 heteroatoms. The maximum Gasteiger partial charge on any atom is 0.146 e. The average Bonchev–Trinajstić information content (AvgIpc) is 2.72. The van der Waals surface area contributed by atoms with E-state index < -0.39 is 0 Å². The van der Waals surface area contributed by atoms with E-state index in [-0.39, 0.29) is 31.0 Å². The normalized spacial score (nSPS) is 32.9. The van der Waals surface area contributed by atoms with E-state index in [2.05, 4.69) is 13.5 Å². The second kappa shape index (κ2) is 7.11. The SMILES string of the molecule is C=CCO[C@H]1CC(OCOC)C(CC)(CO)C1. The molecular formula is C13H24O4. The summed E-state index contributed by atoms with van der Waals surface area (Å²) < 4.78 is 16.3. The highest BCUT2D eigenvalue weighted by Crippen LogP contribution is 2.44. The van der Waals surface area contributed by atoms with Crippen molar-refractivity contribution in [1.82, 2.24) is 0 Å². The first-order valence-electron chi connectivity index (χ1n) is 6.16. The van der Waals surface area contributed by atoms with Crippen LogP contribution in [0, 0.1) is 5.41 Å². The molecule has 0 saturated heterocycles. The molecule has 1 rings (SSSR count). The van der Waals surface area contributed by atoms with Crippen LogP contribution in [-0.4, -0.2) is 44.4 Å². The van der Waals surface area contributed by atoms with E-state index in [4.69, 9.17) is 14.2 Å². The second-order valence-electron chi connectivity index (χ2n) is 4.62. The van der Waals surface area contributed by atoms with Gasteiger partial charge in [0.15, 0.2) is 0 Å². The lowest BCUT2D eigenvalue weighted by Crippen LogP contribution is -2.35. The number of aliphatic hydroxyl groups is 1. The van der Waals surface area contributed by atoms with Crippen LogP contribution in [0.2, 0.25) is 0 Å². The summed E-state index contributed by atoms with van der Waals surface area (Å²) in [5.74, 6) is 0. The van der Waals surface area contributed by atoms with Gasteiger partial charge in [-0.2, -0.15) is 0 Å². The van der Waals surface area contributed by atoms with Crippen molar-refractivity contribution in [3.63, 3.8) is 0 Å². The Hall–Kier alpha value is -0.420. The van der Waals surface area contributed by atoms with Crippen LogP contribution < -0.4 is 0 Å². The van der Waals surface area contributed by atoms with Crippen LogP contribution in [0.3, 0.4) is 0 Å². The van der Waals surface area contributed by atoms with Gasteiger partial charge in [-0.05, 0) is 12.8 Å². The molecule has 0 heterocycles. The summed E-state index contributed by atoms with van der Waals surface area (Å²) >= 11 is 0. The zero-order chi connectivity index (χ0) is 12.7. The highest BCUT2D eigenvalue weighted by Gasteiger charge is 2.47. The molecule has 1 aliphatic carbocycles. The third-order valence-electron chi connectivity index (χ3n) is 3.65. The summed E-state index contributed by atoms with van der Waals surface area (Å²) in [5.41, 5.74) is -0.190. The van der Waals surface area contributed by atoms with Crippen LogP contribution in [-0.2, 0) is 14.2 Å². The highest BCUT2D eigenvalue weighted by molar-refractivity contribution is 4.97. The van der Waals surface area contributed by atoms with Crippen LogP contribution in [0.4, 0.5) is 0 Å². The lowest BCUT2D eigenvalue weighted by molar-refractivity contribution is -0.119. The Kier molecular flexibility index (Phi) is 6.12. The van der Waals surface area contributed by atoms with Gasteiger partial charge in [0.25, 0.3) is 0 Å². The lowest BCUT2D eigenvalue weighted by atomic mass is 9.82. The van der Waals surface area contributed by atoms with Gasteiger partial charge in [-0.15, -0.1) is 6.58 Å². The Morgan fingerprint density at radius 1 is 1.47 bits per heavy atom.